The van der Waals surface area contributed by atoms with E-state index in [1.165, 1.54) is 12.1 Å². The van der Waals surface area contributed by atoms with E-state index in [1.54, 1.807) is 18.2 Å². The van der Waals surface area contributed by atoms with Gasteiger partial charge in [-0.2, -0.15) is 0 Å². The summed E-state index contributed by atoms with van der Waals surface area (Å²) in [6.07, 6.45) is 0. The molecule has 0 saturated heterocycles. The van der Waals surface area contributed by atoms with Crippen LogP contribution < -0.4 is 15.4 Å². The minimum Gasteiger partial charge on any atom is -0.482 e. The summed E-state index contributed by atoms with van der Waals surface area (Å²) in [5.74, 6) is -1.34. The van der Waals surface area contributed by atoms with Crippen LogP contribution in [0.1, 0.15) is 10.4 Å². The van der Waals surface area contributed by atoms with Crippen molar-refractivity contribution < 1.29 is 19.4 Å². The minimum atomic E-state index is -1.11. The van der Waals surface area contributed by atoms with Crippen molar-refractivity contribution in [3.8, 4) is 5.75 Å². The summed E-state index contributed by atoms with van der Waals surface area (Å²) in [6.45, 7) is -0.335. The molecule has 0 aliphatic heterocycles. The van der Waals surface area contributed by atoms with E-state index in [0.29, 0.717) is 20.0 Å². The number of halogens is 4. The van der Waals surface area contributed by atoms with Crippen LogP contribution >= 0.6 is 80.6 Å². The highest BCUT2D eigenvalue weighted by Crippen LogP contribution is 2.28. The zero-order valence-corrected chi connectivity index (χ0v) is 19.8. The minimum absolute atomic E-state index is 0.0482. The monoisotopic (exact) mass is 650 g/mol. The summed E-state index contributed by atoms with van der Waals surface area (Å²) in [6, 6.07) is 7.91. The highest BCUT2D eigenvalue weighted by molar-refractivity contribution is 14.1. The second-order valence-electron chi connectivity index (χ2n) is 4.98. The Labute approximate surface area is 197 Å². The summed E-state index contributed by atoms with van der Waals surface area (Å²) in [7, 11) is 0. The number of carboxylic acids is 1. The highest BCUT2D eigenvalue weighted by atomic mass is 127. The van der Waals surface area contributed by atoms with Crippen LogP contribution in [0.4, 0.5) is 5.69 Å². The molecule has 27 heavy (non-hydrogen) atoms. The van der Waals surface area contributed by atoms with Gasteiger partial charge in [-0.15, -0.1) is 0 Å². The first-order valence-corrected chi connectivity index (χ1v) is 10.4. The fourth-order valence-electron chi connectivity index (χ4n) is 1.91. The van der Waals surface area contributed by atoms with E-state index >= 15 is 0 Å². The predicted molar refractivity (Wildman–Crippen MR) is 125 cm³/mol. The molecule has 0 fully saturated rings. The molecule has 142 valence electrons. The number of carboxylic acid groups (broad SMARTS) is 1. The Hall–Kier alpha value is -0.890. The molecular formula is C16H10Cl2I2N2O4S. The van der Waals surface area contributed by atoms with Gasteiger partial charge in [0.05, 0.1) is 16.3 Å². The van der Waals surface area contributed by atoms with Crippen molar-refractivity contribution in [2.45, 2.75) is 0 Å². The van der Waals surface area contributed by atoms with Gasteiger partial charge in [0.1, 0.15) is 5.75 Å². The Bertz CT molecular complexity index is 928. The Morgan fingerprint density at radius 1 is 1.19 bits per heavy atom. The van der Waals surface area contributed by atoms with E-state index in [9.17, 15) is 14.7 Å². The third-order valence-corrected chi connectivity index (χ3v) is 5.24. The van der Waals surface area contributed by atoms with Crippen LogP contribution in [0.5, 0.6) is 5.75 Å². The van der Waals surface area contributed by atoms with Crippen LogP contribution in [-0.4, -0.2) is 28.7 Å². The standard InChI is InChI=1S/C16H10Cl2I2N2O4S/c17-7-1-2-12(10(18)3-7)26-6-13(23)21-16(27)22-14-9(15(24)25)4-8(19)5-11(14)20/h1-5H,6H2,(H,24,25)(H2,21,22,23,27). The summed E-state index contributed by atoms with van der Waals surface area (Å²) in [5.41, 5.74) is 0.350. The fraction of sp³-hybridized carbons (Fsp3) is 0.0625. The normalized spacial score (nSPS) is 10.2. The molecule has 6 nitrogen and oxygen atoms in total. The van der Waals surface area contributed by atoms with Gasteiger partial charge in [-0.25, -0.2) is 4.79 Å². The van der Waals surface area contributed by atoms with Crippen LogP contribution in [0.15, 0.2) is 30.3 Å². The molecule has 2 aromatic carbocycles. The average Bonchev–Trinajstić information content (AvgIpc) is 2.56. The number of thiocarbonyl (C=S) groups is 1. The molecule has 0 aliphatic carbocycles. The first kappa shape index (κ1) is 22.4. The molecule has 0 heterocycles. The van der Waals surface area contributed by atoms with Gasteiger partial charge in [0, 0.05) is 12.2 Å². The Balaban J connectivity index is 1.99. The van der Waals surface area contributed by atoms with Gasteiger partial charge < -0.3 is 15.2 Å². The quantitative estimate of drug-likeness (QED) is 0.319. The first-order chi connectivity index (χ1) is 12.7. The fourth-order valence-corrected chi connectivity index (χ4v) is 4.57. The van der Waals surface area contributed by atoms with Gasteiger partial charge in [0.25, 0.3) is 5.91 Å². The number of anilines is 1. The van der Waals surface area contributed by atoms with Crippen molar-refractivity contribution >= 4 is 103 Å². The van der Waals surface area contributed by atoms with E-state index in [1.807, 2.05) is 45.2 Å². The summed E-state index contributed by atoms with van der Waals surface area (Å²) >= 11 is 20.9. The number of amides is 1. The van der Waals surface area contributed by atoms with Crippen molar-refractivity contribution in [1.82, 2.24) is 5.32 Å². The lowest BCUT2D eigenvalue weighted by molar-refractivity contribution is -0.121. The Kier molecular flexibility index (Phi) is 8.34. The molecule has 1 amide bonds. The SMILES string of the molecule is O=C(COc1ccc(Cl)cc1Cl)NC(=S)Nc1c(I)cc(I)cc1C(=O)O. The molecule has 0 bridgehead atoms. The summed E-state index contributed by atoms with van der Waals surface area (Å²) < 4.78 is 6.74. The van der Waals surface area contributed by atoms with E-state index < -0.39 is 11.9 Å². The molecule has 0 saturated carbocycles. The number of aromatic carboxylic acids is 1. The number of rotatable bonds is 5. The number of carbonyl (C=O) groups excluding carboxylic acids is 1. The van der Waals surface area contributed by atoms with Gasteiger partial charge in [-0.3, -0.25) is 10.1 Å². The van der Waals surface area contributed by atoms with E-state index in [4.69, 9.17) is 40.2 Å². The number of nitrogens with one attached hydrogen (secondary N) is 2. The van der Waals surface area contributed by atoms with Crippen molar-refractivity contribution in [3.05, 3.63) is 53.1 Å². The second kappa shape index (κ2) is 10.0. The lowest BCUT2D eigenvalue weighted by atomic mass is 10.2. The Morgan fingerprint density at radius 3 is 2.52 bits per heavy atom. The van der Waals surface area contributed by atoms with Crippen LogP contribution in [0.25, 0.3) is 0 Å². The molecule has 0 unspecified atom stereocenters. The Morgan fingerprint density at radius 2 is 1.89 bits per heavy atom. The molecule has 2 rings (SSSR count). The van der Waals surface area contributed by atoms with Crippen molar-refractivity contribution in [2.24, 2.45) is 0 Å². The molecule has 2 aromatic rings. The topological polar surface area (TPSA) is 87.7 Å². The van der Waals surface area contributed by atoms with Crippen LogP contribution in [0, 0.1) is 7.14 Å². The lowest BCUT2D eigenvalue weighted by Crippen LogP contribution is -2.37. The largest absolute Gasteiger partial charge is 0.482 e. The van der Waals surface area contributed by atoms with Gasteiger partial charge in [-0.05, 0) is 87.7 Å². The van der Waals surface area contributed by atoms with E-state index in [2.05, 4.69) is 10.6 Å². The van der Waals surface area contributed by atoms with Crippen LogP contribution in [0.3, 0.4) is 0 Å². The molecule has 3 N–H and O–H groups in total. The van der Waals surface area contributed by atoms with E-state index in [-0.39, 0.29) is 22.3 Å². The summed E-state index contributed by atoms with van der Waals surface area (Å²) in [5, 5.41) is 15.2. The highest BCUT2D eigenvalue weighted by Gasteiger charge is 2.17. The van der Waals surface area contributed by atoms with Crippen molar-refractivity contribution in [3.63, 3.8) is 0 Å². The number of ether oxygens (including phenoxy) is 1. The second-order valence-corrected chi connectivity index (χ2v) is 8.64. The number of hydrogen-bond donors (Lipinski definition) is 3. The number of carbonyl (C=O) groups is 2. The molecule has 0 aromatic heterocycles. The molecule has 0 aliphatic rings. The van der Waals surface area contributed by atoms with Crippen LogP contribution in [0.2, 0.25) is 10.0 Å². The maximum Gasteiger partial charge on any atom is 0.337 e. The van der Waals surface area contributed by atoms with Gasteiger partial charge in [0.2, 0.25) is 0 Å². The van der Waals surface area contributed by atoms with Crippen molar-refractivity contribution in [2.75, 3.05) is 11.9 Å². The average molecular weight is 651 g/mol. The molecule has 0 spiro atoms. The number of benzene rings is 2. The molecule has 11 heteroatoms. The lowest BCUT2D eigenvalue weighted by Gasteiger charge is -2.14. The maximum absolute atomic E-state index is 12.0. The zero-order valence-electron chi connectivity index (χ0n) is 13.2. The van der Waals surface area contributed by atoms with Gasteiger partial charge >= 0.3 is 5.97 Å². The van der Waals surface area contributed by atoms with Crippen LogP contribution in [-0.2, 0) is 4.79 Å². The predicted octanol–water partition coefficient (Wildman–Crippen LogP) is 4.79. The smallest absolute Gasteiger partial charge is 0.337 e. The molecular weight excluding hydrogens is 641 g/mol. The van der Waals surface area contributed by atoms with Crippen molar-refractivity contribution in [1.29, 1.82) is 0 Å². The molecule has 0 atom stereocenters. The number of hydrogen-bond acceptors (Lipinski definition) is 4. The van der Waals surface area contributed by atoms with E-state index in [0.717, 1.165) is 3.57 Å². The van der Waals surface area contributed by atoms with Gasteiger partial charge in [0.15, 0.2) is 11.7 Å². The van der Waals surface area contributed by atoms with Gasteiger partial charge in [-0.1, -0.05) is 23.2 Å². The first-order valence-electron chi connectivity index (χ1n) is 7.08. The third-order valence-electron chi connectivity index (χ3n) is 3.03. The zero-order chi connectivity index (χ0) is 20.1. The third kappa shape index (κ3) is 6.59. The summed E-state index contributed by atoms with van der Waals surface area (Å²) in [4.78, 5) is 23.4. The maximum atomic E-state index is 12.0. The molecule has 0 radical (unpaired) electrons.